The Bertz CT molecular complexity index is 659. The summed E-state index contributed by atoms with van der Waals surface area (Å²) < 4.78 is 11.4. The summed E-state index contributed by atoms with van der Waals surface area (Å²) in [5, 5.41) is 4.90. The molecule has 0 aliphatic rings. The van der Waals surface area contributed by atoms with Gasteiger partial charge in [0.1, 0.15) is 0 Å². The second-order valence-corrected chi connectivity index (χ2v) is 6.91. The van der Waals surface area contributed by atoms with Crippen LogP contribution in [0, 0.1) is 6.92 Å². The van der Waals surface area contributed by atoms with Crippen LogP contribution in [-0.4, -0.2) is 37.4 Å². The number of hydrogen-bond donors (Lipinski definition) is 1. The van der Waals surface area contributed by atoms with Gasteiger partial charge < -0.3 is 14.8 Å². The molecule has 0 atom stereocenters. The number of hydrogen-bond acceptors (Lipinski definition) is 6. The maximum absolute atomic E-state index is 11.8. The molecule has 0 saturated carbocycles. The topological polar surface area (TPSA) is 60.5 Å². The third kappa shape index (κ3) is 5.44. The number of thiazole rings is 1. The summed E-state index contributed by atoms with van der Waals surface area (Å²) in [5.74, 6) is 1.81. The van der Waals surface area contributed by atoms with Crippen LogP contribution >= 0.6 is 23.1 Å². The molecule has 7 heteroatoms. The third-order valence-electron chi connectivity index (χ3n) is 3.11. The Morgan fingerprint density at radius 2 is 2.09 bits per heavy atom. The molecule has 0 saturated heterocycles. The zero-order valence-electron chi connectivity index (χ0n) is 13.4. The normalized spacial score (nSPS) is 10.4. The number of benzene rings is 1. The van der Waals surface area contributed by atoms with Gasteiger partial charge in [0, 0.05) is 17.6 Å². The van der Waals surface area contributed by atoms with Gasteiger partial charge in [-0.05, 0) is 31.0 Å². The maximum Gasteiger partial charge on any atom is 0.230 e. The van der Waals surface area contributed by atoms with Crippen molar-refractivity contribution in [3.05, 3.63) is 34.8 Å². The van der Waals surface area contributed by atoms with Crippen molar-refractivity contribution in [3.63, 3.8) is 0 Å². The predicted octanol–water partition coefficient (Wildman–Crippen LogP) is 2.92. The molecule has 2 rings (SSSR count). The van der Waals surface area contributed by atoms with Crippen LogP contribution < -0.4 is 14.8 Å². The summed E-state index contributed by atoms with van der Waals surface area (Å²) >= 11 is 3.03. The Kier molecular flexibility index (Phi) is 6.73. The molecule has 23 heavy (non-hydrogen) atoms. The van der Waals surface area contributed by atoms with Crippen molar-refractivity contribution < 1.29 is 14.3 Å². The van der Waals surface area contributed by atoms with E-state index in [9.17, 15) is 4.79 Å². The molecule has 0 unspecified atom stereocenters. The Morgan fingerprint density at radius 3 is 2.74 bits per heavy atom. The van der Waals surface area contributed by atoms with E-state index in [1.54, 1.807) is 25.6 Å². The van der Waals surface area contributed by atoms with Gasteiger partial charge in [0.25, 0.3) is 0 Å². The lowest BCUT2D eigenvalue weighted by molar-refractivity contribution is -0.118. The van der Waals surface area contributed by atoms with Crippen LogP contribution in [-0.2, 0) is 11.2 Å². The second-order valence-electron chi connectivity index (χ2n) is 4.83. The molecule has 0 aliphatic carbocycles. The lowest BCUT2D eigenvalue weighted by Gasteiger charge is -2.10. The highest BCUT2D eigenvalue weighted by Crippen LogP contribution is 2.27. The zero-order valence-corrected chi connectivity index (χ0v) is 15.1. The summed E-state index contributed by atoms with van der Waals surface area (Å²) in [5.41, 5.74) is 2.08. The van der Waals surface area contributed by atoms with Crippen molar-refractivity contribution in [2.24, 2.45) is 0 Å². The maximum atomic E-state index is 11.8. The van der Waals surface area contributed by atoms with Gasteiger partial charge in [-0.15, -0.1) is 11.3 Å². The number of rotatable bonds is 8. The van der Waals surface area contributed by atoms with E-state index in [-0.39, 0.29) is 5.91 Å². The summed E-state index contributed by atoms with van der Waals surface area (Å²) in [7, 11) is 3.22. The Labute approximate surface area is 144 Å². The van der Waals surface area contributed by atoms with Crippen LogP contribution in [0.4, 0.5) is 0 Å². The van der Waals surface area contributed by atoms with Crippen molar-refractivity contribution in [1.29, 1.82) is 0 Å². The Hall–Kier alpha value is -1.73. The molecule has 0 radical (unpaired) electrons. The van der Waals surface area contributed by atoms with E-state index in [1.807, 2.05) is 30.5 Å². The van der Waals surface area contributed by atoms with Gasteiger partial charge in [-0.1, -0.05) is 17.8 Å². The molecule has 0 bridgehead atoms. The number of nitrogens with one attached hydrogen (secondary N) is 1. The second kappa shape index (κ2) is 8.79. The first-order valence-corrected chi connectivity index (χ1v) is 9.01. The standard InChI is InChI=1S/C16H20N2O3S2/c1-11-9-22-16(18-11)23-10-15(19)17-7-6-12-4-5-13(20-2)14(8-12)21-3/h4-5,8-9H,6-7,10H2,1-3H3,(H,17,19). The predicted molar refractivity (Wildman–Crippen MR) is 93.8 cm³/mol. The van der Waals surface area contributed by atoms with Crippen LogP contribution in [0.2, 0.25) is 0 Å². The van der Waals surface area contributed by atoms with Crippen molar-refractivity contribution in [3.8, 4) is 11.5 Å². The highest BCUT2D eigenvalue weighted by atomic mass is 32.2. The average Bonchev–Trinajstić information content (AvgIpc) is 2.98. The number of carbonyl (C=O) groups is 1. The molecule has 1 N–H and O–H groups in total. The number of nitrogens with zero attached hydrogens (tertiary/aromatic N) is 1. The first-order chi connectivity index (χ1) is 11.1. The number of thioether (sulfide) groups is 1. The molecule has 0 aliphatic heterocycles. The highest BCUT2D eigenvalue weighted by molar-refractivity contribution is 8.01. The number of aromatic nitrogens is 1. The monoisotopic (exact) mass is 352 g/mol. The molecule has 1 aromatic heterocycles. The van der Waals surface area contributed by atoms with Gasteiger partial charge in [-0.25, -0.2) is 4.98 Å². The summed E-state index contributed by atoms with van der Waals surface area (Å²) in [6.07, 6.45) is 0.743. The van der Waals surface area contributed by atoms with Gasteiger partial charge in [0.05, 0.1) is 20.0 Å². The Balaban J connectivity index is 1.74. The van der Waals surface area contributed by atoms with Gasteiger partial charge in [0.15, 0.2) is 15.8 Å². The number of methoxy groups -OCH3 is 2. The van der Waals surface area contributed by atoms with E-state index in [4.69, 9.17) is 9.47 Å². The third-order valence-corrected chi connectivity index (χ3v) is 5.25. The molecular formula is C16H20N2O3S2. The molecule has 0 spiro atoms. The highest BCUT2D eigenvalue weighted by Gasteiger charge is 2.07. The summed E-state index contributed by atoms with van der Waals surface area (Å²) in [6.45, 7) is 2.54. The van der Waals surface area contributed by atoms with Crippen LogP contribution in [0.5, 0.6) is 11.5 Å². The van der Waals surface area contributed by atoms with E-state index in [1.165, 1.54) is 11.8 Å². The quantitative estimate of drug-likeness (QED) is 0.740. The number of amides is 1. The van der Waals surface area contributed by atoms with Gasteiger partial charge >= 0.3 is 0 Å². The fraction of sp³-hybridized carbons (Fsp3) is 0.375. The molecule has 5 nitrogen and oxygen atoms in total. The van der Waals surface area contributed by atoms with Crippen LogP contribution in [0.15, 0.2) is 27.9 Å². The van der Waals surface area contributed by atoms with Gasteiger partial charge in [-0.2, -0.15) is 0 Å². The van der Waals surface area contributed by atoms with Crippen LogP contribution in [0.1, 0.15) is 11.3 Å². The smallest absolute Gasteiger partial charge is 0.230 e. The van der Waals surface area contributed by atoms with E-state index < -0.39 is 0 Å². The fourth-order valence-electron chi connectivity index (χ4n) is 1.96. The van der Waals surface area contributed by atoms with Crippen molar-refractivity contribution in [2.45, 2.75) is 17.7 Å². The molecule has 1 heterocycles. The zero-order chi connectivity index (χ0) is 16.7. The lowest BCUT2D eigenvalue weighted by Crippen LogP contribution is -2.27. The van der Waals surface area contributed by atoms with E-state index in [0.717, 1.165) is 22.0 Å². The minimum Gasteiger partial charge on any atom is -0.493 e. The van der Waals surface area contributed by atoms with Crippen molar-refractivity contribution in [2.75, 3.05) is 26.5 Å². The minimum atomic E-state index is 0.0170. The lowest BCUT2D eigenvalue weighted by atomic mass is 10.1. The first-order valence-electron chi connectivity index (χ1n) is 7.15. The molecule has 2 aromatic rings. The van der Waals surface area contributed by atoms with E-state index in [0.29, 0.717) is 23.8 Å². The minimum absolute atomic E-state index is 0.0170. The summed E-state index contributed by atoms with van der Waals surface area (Å²) in [4.78, 5) is 16.2. The summed E-state index contributed by atoms with van der Waals surface area (Å²) in [6, 6.07) is 5.77. The number of carbonyl (C=O) groups excluding carboxylic acids is 1. The molecule has 124 valence electrons. The molecular weight excluding hydrogens is 332 g/mol. The molecule has 1 aromatic carbocycles. The SMILES string of the molecule is COc1ccc(CCNC(=O)CSc2nc(C)cs2)cc1OC. The number of aryl methyl sites for hydroxylation is 1. The fourth-order valence-corrected chi connectivity index (χ4v) is 3.64. The van der Waals surface area contributed by atoms with Gasteiger partial charge in [-0.3, -0.25) is 4.79 Å². The van der Waals surface area contributed by atoms with Crippen molar-refractivity contribution >= 4 is 29.0 Å². The van der Waals surface area contributed by atoms with E-state index in [2.05, 4.69) is 10.3 Å². The average molecular weight is 352 g/mol. The first kappa shape index (κ1) is 17.6. The van der Waals surface area contributed by atoms with Crippen LogP contribution in [0.3, 0.4) is 0 Å². The molecule has 0 fully saturated rings. The van der Waals surface area contributed by atoms with E-state index >= 15 is 0 Å². The Morgan fingerprint density at radius 1 is 1.30 bits per heavy atom. The number of ether oxygens (including phenoxy) is 2. The molecule has 1 amide bonds. The van der Waals surface area contributed by atoms with Gasteiger partial charge in [0.2, 0.25) is 5.91 Å². The largest absolute Gasteiger partial charge is 0.493 e. The van der Waals surface area contributed by atoms with Crippen LogP contribution in [0.25, 0.3) is 0 Å². The van der Waals surface area contributed by atoms with Crippen molar-refractivity contribution in [1.82, 2.24) is 10.3 Å².